The third-order valence-corrected chi connectivity index (χ3v) is 6.31. The molecule has 0 amide bonds. The lowest BCUT2D eigenvalue weighted by atomic mass is 10.2. The van der Waals surface area contributed by atoms with Gasteiger partial charge in [-0.25, -0.2) is 22.9 Å². The van der Waals surface area contributed by atoms with Crippen molar-refractivity contribution in [2.45, 2.75) is 18.0 Å². The van der Waals surface area contributed by atoms with Crippen LogP contribution in [0.1, 0.15) is 21.8 Å². The van der Waals surface area contributed by atoms with E-state index in [-0.39, 0.29) is 34.5 Å². The third-order valence-electron chi connectivity index (χ3n) is 4.43. The summed E-state index contributed by atoms with van der Waals surface area (Å²) >= 11 is 6.09. The summed E-state index contributed by atoms with van der Waals surface area (Å²) in [5.74, 6) is -0.487. The monoisotopic (exact) mass is 456 g/mol. The highest BCUT2D eigenvalue weighted by Gasteiger charge is 2.21. The molecule has 1 heterocycles. The summed E-state index contributed by atoms with van der Waals surface area (Å²) in [5, 5.41) is -0.00365. The molecule has 0 atom stereocenters. The number of halogens is 1. The lowest BCUT2D eigenvalue weighted by Gasteiger charge is -2.10. The van der Waals surface area contributed by atoms with E-state index >= 15 is 0 Å². The van der Waals surface area contributed by atoms with Gasteiger partial charge < -0.3 is 9.15 Å². The summed E-state index contributed by atoms with van der Waals surface area (Å²) in [7, 11) is -3.95. The Morgan fingerprint density at radius 3 is 2.55 bits per heavy atom. The molecule has 158 valence electrons. The molecule has 4 aromatic rings. The van der Waals surface area contributed by atoms with Crippen LogP contribution in [0.4, 0.5) is 0 Å². The molecule has 4 rings (SSSR count). The Hall–Kier alpha value is -3.20. The Morgan fingerprint density at radius 2 is 1.77 bits per heavy atom. The molecular weight excluding hydrogens is 440 g/mol. The number of ether oxygens (including phenoxy) is 1. The zero-order valence-electron chi connectivity index (χ0n) is 16.1. The van der Waals surface area contributed by atoms with Crippen molar-refractivity contribution in [2.24, 2.45) is 0 Å². The van der Waals surface area contributed by atoms with Gasteiger partial charge in [-0.2, -0.15) is 0 Å². The van der Waals surface area contributed by atoms with Gasteiger partial charge in [-0.05, 0) is 35.9 Å². The van der Waals surface area contributed by atoms with E-state index in [2.05, 4.69) is 9.71 Å². The summed E-state index contributed by atoms with van der Waals surface area (Å²) < 4.78 is 38.6. The molecule has 31 heavy (non-hydrogen) atoms. The number of carbonyl (C=O) groups excluding carboxylic acids is 1. The first kappa shape index (κ1) is 21.0. The Balaban J connectivity index is 1.47. The predicted octanol–water partition coefficient (Wildman–Crippen LogP) is 4.32. The van der Waals surface area contributed by atoms with Crippen molar-refractivity contribution in [3.05, 3.63) is 94.8 Å². The van der Waals surface area contributed by atoms with E-state index in [0.717, 1.165) is 5.56 Å². The molecule has 7 nitrogen and oxygen atoms in total. The van der Waals surface area contributed by atoms with Crippen LogP contribution in [0.2, 0.25) is 5.02 Å². The van der Waals surface area contributed by atoms with Crippen molar-refractivity contribution in [1.82, 2.24) is 9.71 Å². The van der Waals surface area contributed by atoms with Gasteiger partial charge in [0.2, 0.25) is 15.9 Å². The van der Waals surface area contributed by atoms with E-state index in [9.17, 15) is 13.2 Å². The van der Waals surface area contributed by atoms with Gasteiger partial charge in [0.1, 0.15) is 10.4 Å². The molecule has 0 unspecified atom stereocenters. The number of carbonyl (C=O) groups is 1. The van der Waals surface area contributed by atoms with E-state index in [0.29, 0.717) is 11.1 Å². The molecule has 1 N–H and O–H groups in total. The molecule has 0 saturated heterocycles. The number of para-hydroxylation sites is 2. The predicted molar refractivity (Wildman–Crippen MR) is 115 cm³/mol. The quantitative estimate of drug-likeness (QED) is 0.416. The molecule has 0 fully saturated rings. The SMILES string of the molecule is O=C(OCc1nc2ccccc2o1)c1ccc(Cl)c(S(=O)(=O)NCc2ccccc2)c1. The molecule has 0 aliphatic heterocycles. The van der Waals surface area contributed by atoms with E-state index < -0.39 is 16.0 Å². The summed E-state index contributed by atoms with van der Waals surface area (Å²) in [5.41, 5.74) is 2.06. The number of sulfonamides is 1. The van der Waals surface area contributed by atoms with Crippen molar-refractivity contribution < 1.29 is 22.4 Å². The van der Waals surface area contributed by atoms with Gasteiger partial charge in [-0.15, -0.1) is 0 Å². The van der Waals surface area contributed by atoms with E-state index in [1.54, 1.807) is 24.3 Å². The standard InChI is InChI=1S/C22H17ClN2O5S/c23-17-11-10-16(12-20(17)31(27,28)24-13-15-6-2-1-3-7-15)22(26)29-14-21-25-18-8-4-5-9-19(18)30-21/h1-12,24H,13-14H2. The molecule has 0 aliphatic rings. The number of aromatic nitrogens is 1. The molecule has 0 radical (unpaired) electrons. The topological polar surface area (TPSA) is 98.5 Å². The van der Waals surface area contributed by atoms with Crippen molar-refractivity contribution >= 4 is 38.7 Å². The largest absolute Gasteiger partial charge is 0.452 e. The number of benzene rings is 3. The normalized spacial score (nSPS) is 11.5. The first-order valence-electron chi connectivity index (χ1n) is 9.27. The lowest BCUT2D eigenvalue weighted by molar-refractivity contribution is 0.0440. The van der Waals surface area contributed by atoms with Gasteiger partial charge in [0, 0.05) is 6.54 Å². The van der Waals surface area contributed by atoms with Crippen molar-refractivity contribution in [3.8, 4) is 0 Å². The van der Waals surface area contributed by atoms with Crippen LogP contribution in [0.3, 0.4) is 0 Å². The number of esters is 1. The average Bonchev–Trinajstić information content (AvgIpc) is 3.20. The zero-order chi connectivity index (χ0) is 21.8. The number of rotatable bonds is 7. The fourth-order valence-electron chi connectivity index (χ4n) is 2.88. The zero-order valence-corrected chi connectivity index (χ0v) is 17.7. The van der Waals surface area contributed by atoms with Gasteiger partial charge in [0.25, 0.3) is 0 Å². The van der Waals surface area contributed by atoms with Gasteiger partial charge >= 0.3 is 5.97 Å². The van der Waals surface area contributed by atoms with Crippen molar-refractivity contribution in [3.63, 3.8) is 0 Å². The van der Waals surface area contributed by atoms with Gasteiger partial charge in [-0.1, -0.05) is 54.1 Å². The van der Waals surface area contributed by atoms with E-state index in [1.165, 1.54) is 18.2 Å². The molecule has 0 spiro atoms. The Bertz CT molecular complexity index is 1300. The highest BCUT2D eigenvalue weighted by molar-refractivity contribution is 7.89. The van der Waals surface area contributed by atoms with Crippen LogP contribution < -0.4 is 4.72 Å². The molecule has 0 saturated carbocycles. The van der Waals surface area contributed by atoms with E-state index in [4.69, 9.17) is 20.8 Å². The summed E-state index contributed by atoms with van der Waals surface area (Å²) in [6.07, 6.45) is 0. The van der Waals surface area contributed by atoms with Crippen LogP contribution in [0.15, 0.2) is 82.1 Å². The molecular formula is C22H17ClN2O5S. The van der Waals surface area contributed by atoms with Crippen LogP contribution in [-0.4, -0.2) is 19.4 Å². The molecule has 1 aromatic heterocycles. The minimum absolute atomic E-state index is 0.00365. The van der Waals surface area contributed by atoms with Crippen LogP contribution in [0.5, 0.6) is 0 Å². The smallest absolute Gasteiger partial charge is 0.338 e. The van der Waals surface area contributed by atoms with Crippen LogP contribution in [0.25, 0.3) is 11.1 Å². The molecule has 3 aromatic carbocycles. The third kappa shape index (κ3) is 4.93. The van der Waals surface area contributed by atoms with Gasteiger partial charge in [-0.3, -0.25) is 0 Å². The van der Waals surface area contributed by atoms with Crippen molar-refractivity contribution in [2.75, 3.05) is 0 Å². The first-order valence-corrected chi connectivity index (χ1v) is 11.1. The van der Waals surface area contributed by atoms with Gasteiger partial charge in [0.05, 0.1) is 10.6 Å². The van der Waals surface area contributed by atoms with E-state index in [1.807, 2.05) is 30.3 Å². The highest BCUT2D eigenvalue weighted by Crippen LogP contribution is 2.24. The number of nitrogens with zero attached hydrogens (tertiary/aromatic N) is 1. The van der Waals surface area contributed by atoms with Gasteiger partial charge in [0.15, 0.2) is 12.2 Å². The maximum atomic E-state index is 12.7. The Labute approximate surface area is 183 Å². The minimum Gasteiger partial charge on any atom is -0.452 e. The molecule has 0 bridgehead atoms. The molecule has 0 aliphatic carbocycles. The molecule has 9 heteroatoms. The fourth-order valence-corrected chi connectivity index (χ4v) is 4.42. The van der Waals surface area contributed by atoms with Crippen LogP contribution in [0, 0.1) is 0 Å². The van der Waals surface area contributed by atoms with Crippen LogP contribution in [-0.2, 0) is 27.9 Å². The highest BCUT2D eigenvalue weighted by atomic mass is 35.5. The Morgan fingerprint density at radius 1 is 1.03 bits per heavy atom. The van der Waals surface area contributed by atoms with Crippen LogP contribution >= 0.6 is 11.6 Å². The number of fused-ring (bicyclic) bond motifs is 1. The van der Waals surface area contributed by atoms with Crippen molar-refractivity contribution in [1.29, 1.82) is 0 Å². The lowest BCUT2D eigenvalue weighted by Crippen LogP contribution is -2.24. The summed E-state index contributed by atoms with van der Waals surface area (Å²) in [4.78, 5) is 16.5. The maximum Gasteiger partial charge on any atom is 0.338 e. The maximum absolute atomic E-state index is 12.7. The summed E-state index contributed by atoms with van der Waals surface area (Å²) in [6, 6.07) is 20.1. The first-order chi connectivity index (χ1) is 14.9. The number of nitrogens with one attached hydrogen (secondary N) is 1. The second-order valence-electron chi connectivity index (χ2n) is 6.61. The second kappa shape index (κ2) is 8.89. The second-order valence-corrected chi connectivity index (χ2v) is 8.75. The summed E-state index contributed by atoms with van der Waals surface area (Å²) in [6.45, 7) is -0.101. The number of hydrogen-bond donors (Lipinski definition) is 1. The minimum atomic E-state index is -3.95. The Kier molecular flexibility index (Phi) is 6.03. The number of hydrogen-bond acceptors (Lipinski definition) is 6. The number of oxazole rings is 1. The fraction of sp³-hybridized carbons (Fsp3) is 0.0909. The average molecular weight is 457 g/mol.